The molecule has 3 nitrogen and oxygen atoms in total. The Balaban J connectivity index is 1.82. The van der Waals surface area contributed by atoms with Gasteiger partial charge in [0.2, 0.25) is 0 Å². The number of hydrogen-bond donors (Lipinski definition) is 1. The summed E-state index contributed by atoms with van der Waals surface area (Å²) >= 11 is 17.6. The fraction of sp³-hybridized carbons (Fsp3) is 0.0625. The topological polar surface area (TPSA) is 38.3 Å². The maximum Gasteiger partial charge on any atom is 0.411 e. The number of alkyl carbamates (subject to hydrolysis) is 1. The van der Waals surface area contributed by atoms with Crippen molar-refractivity contribution in [2.45, 2.75) is 6.61 Å². The molecule has 0 fully saturated rings. The molecule has 6 heteroatoms. The van der Waals surface area contributed by atoms with Crippen molar-refractivity contribution in [2.24, 2.45) is 0 Å². The molecule has 0 bridgehead atoms. The number of rotatable bonds is 4. The third-order valence-corrected chi connectivity index (χ3v) is 3.52. The zero-order valence-electron chi connectivity index (χ0n) is 11.4. The summed E-state index contributed by atoms with van der Waals surface area (Å²) in [4.78, 5) is 11.5. The molecule has 2 aromatic carbocycles. The van der Waals surface area contributed by atoms with E-state index in [1.807, 2.05) is 0 Å². The van der Waals surface area contributed by atoms with Gasteiger partial charge in [-0.3, -0.25) is 5.32 Å². The minimum absolute atomic E-state index is 0.165. The van der Waals surface area contributed by atoms with Gasteiger partial charge in [-0.05, 0) is 41.5 Å². The van der Waals surface area contributed by atoms with Crippen LogP contribution in [0.25, 0.3) is 6.08 Å². The Bertz CT molecular complexity index is 684. The van der Waals surface area contributed by atoms with Gasteiger partial charge in [-0.15, -0.1) is 0 Å². The molecular weight excluding hydrogens is 345 g/mol. The van der Waals surface area contributed by atoms with Crippen LogP contribution in [0.2, 0.25) is 15.1 Å². The summed E-state index contributed by atoms with van der Waals surface area (Å²) in [6, 6.07) is 12.1. The monoisotopic (exact) mass is 355 g/mol. The van der Waals surface area contributed by atoms with Crippen LogP contribution >= 0.6 is 34.8 Å². The molecule has 1 amide bonds. The molecule has 0 radical (unpaired) electrons. The van der Waals surface area contributed by atoms with Gasteiger partial charge < -0.3 is 4.74 Å². The van der Waals surface area contributed by atoms with Crippen LogP contribution in [0.4, 0.5) is 4.79 Å². The Hall–Kier alpha value is -1.68. The highest BCUT2D eigenvalue weighted by Gasteiger charge is 2.01. The highest BCUT2D eigenvalue weighted by Crippen LogP contribution is 2.21. The van der Waals surface area contributed by atoms with Crippen molar-refractivity contribution >= 4 is 47.0 Å². The second kappa shape index (κ2) is 8.08. The predicted octanol–water partition coefficient (Wildman–Crippen LogP) is 5.54. The van der Waals surface area contributed by atoms with Crippen LogP contribution in [-0.2, 0) is 11.3 Å². The standard InChI is InChI=1S/C16H12Cl3NO2/c17-13-4-1-11(2-5-13)10-22-16(21)20-8-7-12-3-6-14(18)9-15(12)19/h1-9H,10H2,(H,20,21)/b8-7+. The molecule has 2 aromatic rings. The molecule has 114 valence electrons. The number of benzene rings is 2. The first-order valence-electron chi connectivity index (χ1n) is 6.34. The Morgan fingerprint density at radius 3 is 2.41 bits per heavy atom. The number of halogens is 3. The average molecular weight is 357 g/mol. The van der Waals surface area contributed by atoms with E-state index in [4.69, 9.17) is 39.5 Å². The first-order valence-corrected chi connectivity index (χ1v) is 7.47. The first kappa shape index (κ1) is 16.7. The maximum atomic E-state index is 11.5. The maximum absolute atomic E-state index is 11.5. The van der Waals surface area contributed by atoms with E-state index in [2.05, 4.69) is 5.32 Å². The Morgan fingerprint density at radius 1 is 1.05 bits per heavy atom. The Labute approximate surface area is 143 Å². The van der Waals surface area contributed by atoms with Gasteiger partial charge in [-0.2, -0.15) is 0 Å². The lowest BCUT2D eigenvalue weighted by Gasteiger charge is -2.04. The van der Waals surface area contributed by atoms with Crippen LogP contribution in [0, 0.1) is 0 Å². The third-order valence-electron chi connectivity index (χ3n) is 2.71. The van der Waals surface area contributed by atoms with Gasteiger partial charge in [0.25, 0.3) is 0 Å². The van der Waals surface area contributed by atoms with E-state index in [1.54, 1.807) is 48.5 Å². The van der Waals surface area contributed by atoms with E-state index in [1.165, 1.54) is 6.20 Å². The van der Waals surface area contributed by atoms with Crippen LogP contribution in [-0.4, -0.2) is 6.09 Å². The van der Waals surface area contributed by atoms with Crippen molar-refractivity contribution in [3.8, 4) is 0 Å². The molecule has 2 rings (SSSR count). The van der Waals surface area contributed by atoms with Crippen LogP contribution in [0.5, 0.6) is 0 Å². The summed E-state index contributed by atoms with van der Waals surface area (Å²) < 4.78 is 5.06. The first-order chi connectivity index (χ1) is 10.5. The Morgan fingerprint density at radius 2 is 1.73 bits per heavy atom. The highest BCUT2D eigenvalue weighted by molar-refractivity contribution is 6.35. The van der Waals surface area contributed by atoms with E-state index in [-0.39, 0.29) is 6.61 Å². The Kier molecular flexibility index (Phi) is 6.13. The minimum atomic E-state index is -0.559. The number of ether oxygens (including phenoxy) is 1. The molecule has 0 heterocycles. The van der Waals surface area contributed by atoms with Crippen molar-refractivity contribution in [1.82, 2.24) is 5.32 Å². The smallest absolute Gasteiger partial charge is 0.411 e. The van der Waals surface area contributed by atoms with Gasteiger partial charge in [0, 0.05) is 21.3 Å². The minimum Gasteiger partial charge on any atom is -0.444 e. The molecule has 0 aromatic heterocycles. The molecule has 22 heavy (non-hydrogen) atoms. The van der Waals surface area contributed by atoms with E-state index in [0.717, 1.165) is 11.1 Å². The van der Waals surface area contributed by atoms with Gasteiger partial charge in [0.05, 0.1) is 0 Å². The normalized spacial score (nSPS) is 10.7. The van der Waals surface area contributed by atoms with E-state index in [9.17, 15) is 4.79 Å². The second-order valence-electron chi connectivity index (χ2n) is 4.35. The highest BCUT2D eigenvalue weighted by atomic mass is 35.5. The summed E-state index contributed by atoms with van der Waals surface area (Å²) in [6.07, 6.45) is 2.55. The summed E-state index contributed by atoms with van der Waals surface area (Å²) in [5.74, 6) is 0. The van der Waals surface area contributed by atoms with Crippen LogP contribution in [0.3, 0.4) is 0 Å². The lowest BCUT2D eigenvalue weighted by molar-refractivity contribution is 0.143. The molecule has 0 unspecified atom stereocenters. The summed E-state index contributed by atoms with van der Waals surface area (Å²) in [6.45, 7) is 0.165. The van der Waals surface area contributed by atoms with Crippen LogP contribution < -0.4 is 5.32 Å². The molecule has 0 saturated heterocycles. The van der Waals surface area contributed by atoms with Crippen molar-refractivity contribution in [3.05, 3.63) is 74.9 Å². The van der Waals surface area contributed by atoms with Gasteiger partial charge in [-0.25, -0.2) is 4.79 Å². The quantitative estimate of drug-likeness (QED) is 0.780. The number of nitrogens with one attached hydrogen (secondary N) is 1. The van der Waals surface area contributed by atoms with Gasteiger partial charge in [0.15, 0.2) is 0 Å². The zero-order valence-corrected chi connectivity index (χ0v) is 13.6. The van der Waals surface area contributed by atoms with Gasteiger partial charge in [-0.1, -0.05) is 53.0 Å². The molecule has 0 aliphatic carbocycles. The van der Waals surface area contributed by atoms with Crippen molar-refractivity contribution in [2.75, 3.05) is 0 Å². The van der Waals surface area contributed by atoms with E-state index < -0.39 is 6.09 Å². The van der Waals surface area contributed by atoms with Gasteiger partial charge >= 0.3 is 6.09 Å². The van der Waals surface area contributed by atoms with Crippen LogP contribution in [0.1, 0.15) is 11.1 Å². The van der Waals surface area contributed by atoms with Crippen LogP contribution in [0.15, 0.2) is 48.7 Å². The fourth-order valence-corrected chi connectivity index (χ4v) is 2.20. The lowest BCUT2D eigenvalue weighted by atomic mass is 10.2. The molecule has 0 aliphatic rings. The predicted molar refractivity (Wildman–Crippen MR) is 90.3 cm³/mol. The number of hydrogen-bond acceptors (Lipinski definition) is 2. The number of carbonyl (C=O) groups is 1. The summed E-state index contributed by atoms with van der Waals surface area (Å²) in [7, 11) is 0. The largest absolute Gasteiger partial charge is 0.444 e. The fourth-order valence-electron chi connectivity index (χ4n) is 1.61. The van der Waals surface area contributed by atoms with Crippen molar-refractivity contribution in [1.29, 1.82) is 0 Å². The molecule has 0 aliphatic heterocycles. The SMILES string of the molecule is O=C(N/C=C/c1ccc(Cl)cc1Cl)OCc1ccc(Cl)cc1. The van der Waals surface area contributed by atoms with E-state index in [0.29, 0.717) is 15.1 Å². The molecule has 1 N–H and O–H groups in total. The third kappa shape index (κ3) is 5.26. The molecule has 0 atom stereocenters. The van der Waals surface area contributed by atoms with Gasteiger partial charge in [0.1, 0.15) is 6.61 Å². The summed E-state index contributed by atoms with van der Waals surface area (Å²) in [5.41, 5.74) is 1.59. The van der Waals surface area contributed by atoms with Crippen molar-refractivity contribution < 1.29 is 9.53 Å². The van der Waals surface area contributed by atoms with Crippen molar-refractivity contribution in [3.63, 3.8) is 0 Å². The zero-order chi connectivity index (χ0) is 15.9. The number of carbonyl (C=O) groups excluding carboxylic acids is 1. The average Bonchev–Trinajstić information content (AvgIpc) is 2.49. The summed E-state index contributed by atoms with van der Waals surface area (Å²) in [5, 5.41) is 4.18. The van der Waals surface area contributed by atoms with E-state index >= 15 is 0 Å². The molecule has 0 spiro atoms. The second-order valence-corrected chi connectivity index (χ2v) is 5.63. The molecule has 0 saturated carbocycles. The molecular formula is C16H12Cl3NO2. The number of amides is 1. The lowest BCUT2D eigenvalue weighted by Crippen LogP contribution is -2.18.